The number of carboxylic acid groups (broad SMARTS) is 1. The Kier molecular flexibility index (Phi) is 58.7. The molecule has 0 radical (unpaired) electrons. The minimum absolute atomic E-state index is 0.184. The molecule has 9 heteroatoms. The number of rotatable bonds is 63. The van der Waals surface area contributed by atoms with E-state index in [1.165, 1.54) is 231 Å². The first-order chi connectivity index (χ1) is 38.1. The van der Waals surface area contributed by atoms with E-state index in [2.05, 4.69) is 50.3 Å². The van der Waals surface area contributed by atoms with Crippen LogP contribution in [0.1, 0.15) is 328 Å². The Labute approximate surface area is 483 Å². The molecule has 78 heavy (non-hydrogen) atoms. The monoisotopic (exact) mass is 1100 g/mol. The van der Waals surface area contributed by atoms with Crippen LogP contribution in [0.5, 0.6) is 0 Å². The van der Waals surface area contributed by atoms with Crippen molar-refractivity contribution < 1.29 is 42.9 Å². The zero-order valence-electron chi connectivity index (χ0n) is 52.3. The molecule has 0 aromatic carbocycles. The molecule has 2 atom stereocenters. The van der Waals surface area contributed by atoms with E-state index in [0.29, 0.717) is 23.9 Å². The maximum absolute atomic E-state index is 12.8. The molecule has 0 saturated heterocycles. The van der Waals surface area contributed by atoms with Gasteiger partial charge in [-0.15, -0.1) is 0 Å². The molecule has 0 aliphatic rings. The normalized spacial score (nSPS) is 12.9. The lowest BCUT2D eigenvalue weighted by Crippen LogP contribution is -2.40. The minimum atomic E-state index is -1.51. The van der Waals surface area contributed by atoms with Crippen LogP contribution < -0.4 is 0 Å². The van der Waals surface area contributed by atoms with Gasteiger partial charge in [-0.1, -0.05) is 288 Å². The molecular formula is C69H130NO8+. The molecule has 0 amide bonds. The second kappa shape index (κ2) is 60.6. The third kappa shape index (κ3) is 61.1. The number of likely N-dealkylation sites (N-methyl/N-ethyl adjacent to an activating group) is 1. The molecule has 0 saturated carbocycles. The lowest BCUT2D eigenvalue weighted by atomic mass is 10.0. The van der Waals surface area contributed by atoms with Gasteiger partial charge in [0.1, 0.15) is 13.2 Å². The second-order valence-electron chi connectivity index (χ2n) is 24.1. The third-order valence-corrected chi connectivity index (χ3v) is 15.1. The fourth-order valence-corrected chi connectivity index (χ4v) is 9.91. The summed E-state index contributed by atoms with van der Waals surface area (Å²) in [5, 5.41) is 9.70. The van der Waals surface area contributed by atoms with Crippen molar-refractivity contribution in [3.63, 3.8) is 0 Å². The molecule has 2 unspecified atom stereocenters. The summed E-state index contributed by atoms with van der Waals surface area (Å²) in [6.07, 6.45) is 72.9. The van der Waals surface area contributed by atoms with Gasteiger partial charge in [-0.25, -0.2) is 4.79 Å². The zero-order valence-corrected chi connectivity index (χ0v) is 52.3. The van der Waals surface area contributed by atoms with Crippen LogP contribution in [0.25, 0.3) is 0 Å². The molecule has 0 bridgehead atoms. The summed E-state index contributed by atoms with van der Waals surface area (Å²) < 4.78 is 22.9. The van der Waals surface area contributed by atoms with Gasteiger partial charge >= 0.3 is 17.9 Å². The number of quaternary nitrogens is 1. The highest BCUT2D eigenvalue weighted by molar-refractivity contribution is 5.71. The van der Waals surface area contributed by atoms with E-state index in [1.807, 2.05) is 21.1 Å². The van der Waals surface area contributed by atoms with Crippen molar-refractivity contribution in [2.45, 2.75) is 341 Å². The first-order valence-corrected chi connectivity index (χ1v) is 33.7. The topological polar surface area (TPSA) is 108 Å². The van der Waals surface area contributed by atoms with Gasteiger partial charge in [0.15, 0.2) is 6.10 Å². The summed E-state index contributed by atoms with van der Waals surface area (Å²) in [6, 6.07) is 0. The highest BCUT2D eigenvalue weighted by Gasteiger charge is 2.25. The van der Waals surface area contributed by atoms with Gasteiger partial charge in [-0.3, -0.25) is 9.59 Å². The number of allylic oxidation sites excluding steroid dienone is 6. The van der Waals surface area contributed by atoms with E-state index >= 15 is 0 Å². The molecular weight excluding hydrogens is 971 g/mol. The Morgan fingerprint density at radius 3 is 1.06 bits per heavy atom. The van der Waals surface area contributed by atoms with Crippen LogP contribution in [0.15, 0.2) is 36.5 Å². The zero-order chi connectivity index (χ0) is 56.9. The number of hydrogen-bond donors (Lipinski definition) is 1. The van der Waals surface area contributed by atoms with E-state index in [0.717, 1.165) is 64.2 Å². The SMILES string of the molecule is CCCC/C=C\C/C=C\CCCCCCCC(=O)OC(COC(=O)CCCCCCCCCCCCCCCCCCCCCCCCCCCCC/C=C\CCCCCCCCCC)COC(OCC[N+](C)(C)C)C(=O)O. The lowest BCUT2D eigenvalue weighted by molar-refractivity contribution is -0.870. The van der Waals surface area contributed by atoms with Gasteiger partial charge in [0, 0.05) is 12.8 Å². The van der Waals surface area contributed by atoms with Crippen molar-refractivity contribution in [2.24, 2.45) is 0 Å². The molecule has 0 aliphatic heterocycles. The van der Waals surface area contributed by atoms with Crippen LogP contribution in [0.4, 0.5) is 0 Å². The van der Waals surface area contributed by atoms with Crippen LogP contribution in [0.2, 0.25) is 0 Å². The number of carbonyl (C=O) groups is 3. The number of hydrogen-bond acceptors (Lipinski definition) is 7. The summed E-state index contributed by atoms with van der Waals surface area (Å²) in [5.41, 5.74) is 0. The predicted octanol–water partition coefficient (Wildman–Crippen LogP) is 20.4. The Hall–Kier alpha value is -2.49. The smallest absolute Gasteiger partial charge is 0.361 e. The summed E-state index contributed by atoms with van der Waals surface area (Å²) in [6.45, 7) is 4.86. The highest BCUT2D eigenvalue weighted by Crippen LogP contribution is 2.18. The van der Waals surface area contributed by atoms with Crippen molar-refractivity contribution >= 4 is 17.9 Å². The summed E-state index contributed by atoms with van der Waals surface area (Å²) >= 11 is 0. The number of ether oxygens (including phenoxy) is 4. The molecule has 0 rings (SSSR count). The van der Waals surface area contributed by atoms with Gasteiger partial charge in [-0.05, 0) is 64.2 Å². The molecule has 0 fully saturated rings. The van der Waals surface area contributed by atoms with Crippen LogP contribution in [0.3, 0.4) is 0 Å². The van der Waals surface area contributed by atoms with Gasteiger partial charge in [0.25, 0.3) is 6.29 Å². The highest BCUT2D eigenvalue weighted by atomic mass is 16.7. The summed E-state index contributed by atoms with van der Waals surface area (Å²) in [4.78, 5) is 37.4. The Morgan fingerprint density at radius 2 is 0.705 bits per heavy atom. The summed E-state index contributed by atoms with van der Waals surface area (Å²) in [7, 11) is 5.97. The minimum Gasteiger partial charge on any atom is -0.477 e. The number of aliphatic carboxylic acids is 1. The number of carboxylic acids is 1. The Bertz CT molecular complexity index is 1370. The largest absolute Gasteiger partial charge is 0.477 e. The summed E-state index contributed by atoms with van der Waals surface area (Å²) in [5.74, 6) is -2.01. The van der Waals surface area contributed by atoms with Crippen molar-refractivity contribution in [2.75, 3.05) is 47.5 Å². The lowest BCUT2D eigenvalue weighted by Gasteiger charge is -2.25. The first-order valence-electron chi connectivity index (χ1n) is 33.7. The second-order valence-corrected chi connectivity index (χ2v) is 24.1. The first kappa shape index (κ1) is 75.5. The Morgan fingerprint density at radius 1 is 0.385 bits per heavy atom. The van der Waals surface area contributed by atoms with Crippen molar-refractivity contribution in [1.82, 2.24) is 0 Å². The molecule has 0 aliphatic carbocycles. The molecule has 0 aromatic heterocycles. The molecule has 0 heterocycles. The fraction of sp³-hybridized carbons (Fsp3) is 0.870. The van der Waals surface area contributed by atoms with Crippen molar-refractivity contribution in [3.05, 3.63) is 36.5 Å². The van der Waals surface area contributed by atoms with E-state index in [1.54, 1.807) is 0 Å². The fourth-order valence-electron chi connectivity index (χ4n) is 9.91. The van der Waals surface area contributed by atoms with Gasteiger partial charge in [-0.2, -0.15) is 0 Å². The van der Waals surface area contributed by atoms with Gasteiger partial charge in [0.05, 0.1) is 34.4 Å². The van der Waals surface area contributed by atoms with Crippen LogP contribution >= 0.6 is 0 Å². The van der Waals surface area contributed by atoms with E-state index in [9.17, 15) is 19.5 Å². The maximum Gasteiger partial charge on any atom is 0.361 e. The van der Waals surface area contributed by atoms with E-state index in [4.69, 9.17) is 18.9 Å². The van der Waals surface area contributed by atoms with Crippen molar-refractivity contribution in [3.8, 4) is 0 Å². The van der Waals surface area contributed by atoms with E-state index < -0.39 is 24.3 Å². The molecule has 9 nitrogen and oxygen atoms in total. The average molecular weight is 1100 g/mol. The third-order valence-electron chi connectivity index (χ3n) is 15.1. The average Bonchev–Trinajstić information content (AvgIpc) is 3.41. The molecule has 0 spiro atoms. The van der Waals surface area contributed by atoms with E-state index in [-0.39, 0.29) is 32.2 Å². The standard InChI is InChI=1S/C69H129NO8/c1-6-8-10-12-14-16-18-20-22-23-24-25-26-27-28-29-30-31-32-33-34-35-36-37-38-39-40-41-42-43-44-45-46-48-49-51-53-55-57-59-66(71)76-63-65(64-77-69(68(73)74)75-62-61-70(3,4)5)78-67(72)60-58-56-54-52-50-47-21-19-17-15-13-11-9-7-2/h13,15,19,21,23-24,65,69H,6-12,14,16-18,20,22,25-64H2,1-5H3/p+1/b15-13-,21-19-,24-23-. The van der Waals surface area contributed by atoms with Crippen molar-refractivity contribution in [1.29, 1.82) is 0 Å². The number of unbranched alkanes of at least 4 members (excludes halogenated alkanes) is 42. The Balaban J connectivity index is 3.89. The number of esters is 2. The van der Waals surface area contributed by atoms with Gasteiger partial charge < -0.3 is 28.5 Å². The maximum atomic E-state index is 12.8. The number of nitrogens with zero attached hydrogens (tertiary/aromatic N) is 1. The molecule has 1 N–H and O–H groups in total. The van der Waals surface area contributed by atoms with Crippen LogP contribution in [-0.4, -0.2) is 87.4 Å². The molecule has 458 valence electrons. The van der Waals surface area contributed by atoms with Crippen LogP contribution in [0, 0.1) is 0 Å². The quantitative estimate of drug-likeness (QED) is 0.0211. The van der Waals surface area contributed by atoms with Crippen LogP contribution in [-0.2, 0) is 33.3 Å². The number of carbonyl (C=O) groups excluding carboxylic acids is 2. The predicted molar refractivity (Wildman–Crippen MR) is 332 cm³/mol. The molecule has 0 aromatic rings. The van der Waals surface area contributed by atoms with Gasteiger partial charge in [0.2, 0.25) is 0 Å².